The van der Waals surface area contributed by atoms with E-state index in [9.17, 15) is 4.79 Å². The molecule has 3 heteroatoms. The Labute approximate surface area is 89.2 Å². The van der Waals surface area contributed by atoms with Crippen molar-refractivity contribution in [3.8, 4) is 0 Å². The van der Waals surface area contributed by atoms with Crippen molar-refractivity contribution < 1.29 is 9.90 Å². The van der Waals surface area contributed by atoms with Crippen LogP contribution in [0.4, 0.5) is 0 Å². The zero-order valence-electron chi connectivity index (χ0n) is 8.60. The Kier molecular flexibility index (Phi) is 2.99. The predicted molar refractivity (Wildman–Crippen MR) is 56.6 cm³/mol. The molecule has 1 N–H and O–H groups in total. The van der Waals surface area contributed by atoms with Gasteiger partial charge in [0.25, 0.3) is 0 Å². The average molecular weight is 205 g/mol. The van der Waals surface area contributed by atoms with Crippen molar-refractivity contribution in [2.45, 2.75) is 31.6 Å². The molecule has 2 atom stereocenters. The summed E-state index contributed by atoms with van der Waals surface area (Å²) in [6.45, 7) is 0. The molecule has 1 aromatic heterocycles. The second kappa shape index (κ2) is 4.43. The van der Waals surface area contributed by atoms with Crippen molar-refractivity contribution in [1.29, 1.82) is 0 Å². The molecular formula is C12H15NO2. The fourth-order valence-electron chi connectivity index (χ4n) is 2.45. The van der Waals surface area contributed by atoms with Gasteiger partial charge in [-0.1, -0.05) is 0 Å². The van der Waals surface area contributed by atoms with Gasteiger partial charge in [0.05, 0.1) is 0 Å². The minimum Gasteiger partial charge on any atom is -0.481 e. The number of nitrogens with zero attached hydrogens (tertiary/aromatic N) is 1. The molecule has 1 aliphatic rings. The molecule has 80 valence electrons. The quantitative estimate of drug-likeness (QED) is 0.824. The zero-order valence-corrected chi connectivity index (χ0v) is 8.60. The number of hydrogen-bond donors (Lipinski definition) is 1. The molecule has 2 unspecified atom stereocenters. The maximum Gasteiger partial charge on any atom is 0.303 e. The van der Waals surface area contributed by atoms with E-state index in [2.05, 4.69) is 4.98 Å². The van der Waals surface area contributed by atoms with Crippen LogP contribution in [-0.4, -0.2) is 16.1 Å². The molecule has 1 aromatic rings. The van der Waals surface area contributed by atoms with Gasteiger partial charge < -0.3 is 5.11 Å². The molecule has 0 saturated heterocycles. The SMILES string of the molecule is O=C(O)CC1CCC(c2ccncc2)C1. The second-order valence-corrected chi connectivity index (χ2v) is 4.25. The van der Waals surface area contributed by atoms with Crippen molar-refractivity contribution in [2.75, 3.05) is 0 Å². The number of pyridine rings is 1. The lowest BCUT2D eigenvalue weighted by molar-refractivity contribution is -0.138. The van der Waals surface area contributed by atoms with Gasteiger partial charge in [0.2, 0.25) is 0 Å². The molecule has 2 rings (SSSR count). The molecule has 0 radical (unpaired) electrons. The molecule has 1 saturated carbocycles. The van der Waals surface area contributed by atoms with Crippen molar-refractivity contribution in [3.63, 3.8) is 0 Å². The summed E-state index contributed by atoms with van der Waals surface area (Å²) in [6.07, 6.45) is 7.10. The molecule has 0 aromatic carbocycles. The fourth-order valence-corrected chi connectivity index (χ4v) is 2.45. The number of carboxylic acid groups (broad SMARTS) is 1. The summed E-state index contributed by atoms with van der Waals surface area (Å²) < 4.78 is 0. The van der Waals surface area contributed by atoms with Crippen LogP contribution < -0.4 is 0 Å². The van der Waals surface area contributed by atoms with Crippen LogP contribution in [0.1, 0.15) is 37.2 Å². The molecule has 15 heavy (non-hydrogen) atoms. The second-order valence-electron chi connectivity index (χ2n) is 4.25. The summed E-state index contributed by atoms with van der Waals surface area (Å²) in [6, 6.07) is 4.07. The van der Waals surface area contributed by atoms with Crippen LogP contribution in [0, 0.1) is 5.92 Å². The molecule has 3 nitrogen and oxygen atoms in total. The first kappa shape index (κ1) is 10.1. The predicted octanol–water partition coefficient (Wildman–Crippen LogP) is 2.44. The average Bonchev–Trinajstić information content (AvgIpc) is 2.67. The number of hydrogen-bond acceptors (Lipinski definition) is 2. The molecule has 0 bridgehead atoms. The maximum atomic E-state index is 10.6. The minimum atomic E-state index is -0.671. The third-order valence-electron chi connectivity index (χ3n) is 3.18. The van der Waals surface area contributed by atoms with Crippen LogP contribution in [0.3, 0.4) is 0 Å². The van der Waals surface area contributed by atoms with Gasteiger partial charge in [-0.05, 0) is 48.8 Å². The van der Waals surface area contributed by atoms with Crippen LogP contribution in [0.2, 0.25) is 0 Å². The smallest absolute Gasteiger partial charge is 0.303 e. The Morgan fingerprint density at radius 2 is 2.13 bits per heavy atom. The molecule has 0 aliphatic heterocycles. The molecule has 1 aliphatic carbocycles. The summed E-state index contributed by atoms with van der Waals surface area (Å²) in [5.41, 5.74) is 1.30. The van der Waals surface area contributed by atoms with Gasteiger partial charge in [0.1, 0.15) is 0 Å². The zero-order chi connectivity index (χ0) is 10.7. The van der Waals surface area contributed by atoms with Crippen LogP contribution in [-0.2, 0) is 4.79 Å². The highest BCUT2D eigenvalue weighted by Crippen LogP contribution is 2.39. The van der Waals surface area contributed by atoms with E-state index in [4.69, 9.17) is 5.11 Å². The topological polar surface area (TPSA) is 50.2 Å². The van der Waals surface area contributed by atoms with Crippen LogP contribution in [0.5, 0.6) is 0 Å². The lowest BCUT2D eigenvalue weighted by Crippen LogP contribution is -2.04. The lowest BCUT2D eigenvalue weighted by Gasteiger charge is -2.09. The van der Waals surface area contributed by atoms with E-state index in [1.165, 1.54) is 5.56 Å². The van der Waals surface area contributed by atoms with Gasteiger partial charge in [-0.3, -0.25) is 9.78 Å². The number of rotatable bonds is 3. The third kappa shape index (κ3) is 2.55. The van der Waals surface area contributed by atoms with Crippen LogP contribution in [0.15, 0.2) is 24.5 Å². The van der Waals surface area contributed by atoms with Gasteiger partial charge in [-0.15, -0.1) is 0 Å². The Bertz CT molecular complexity index is 337. The van der Waals surface area contributed by atoms with Gasteiger partial charge in [0.15, 0.2) is 0 Å². The van der Waals surface area contributed by atoms with Gasteiger partial charge in [-0.25, -0.2) is 0 Å². The Balaban J connectivity index is 1.96. The van der Waals surface area contributed by atoms with E-state index in [-0.39, 0.29) is 0 Å². The summed E-state index contributed by atoms with van der Waals surface area (Å²) in [7, 11) is 0. The number of carbonyl (C=O) groups is 1. The molecule has 1 fully saturated rings. The van der Waals surface area contributed by atoms with Crippen LogP contribution >= 0.6 is 0 Å². The number of carboxylic acids is 1. The van der Waals surface area contributed by atoms with E-state index >= 15 is 0 Å². The summed E-state index contributed by atoms with van der Waals surface area (Å²) in [5.74, 6) is 0.230. The normalized spacial score (nSPS) is 25.3. The highest BCUT2D eigenvalue weighted by atomic mass is 16.4. The summed E-state index contributed by atoms with van der Waals surface area (Å²) in [5, 5.41) is 8.72. The summed E-state index contributed by atoms with van der Waals surface area (Å²) >= 11 is 0. The third-order valence-corrected chi connectivity index (χ3v) is 3.18. The minimum absolute atomic E-state index is 0.321. The van der Waals surface area contributed by atoms with Crippen LogP contribution in [0.25, 0.3) is 0 Å². The van der Waals surface area contributed by atoms with E-state index in [1.807, 2.05) is 12.1 Å². The largest absolute Gasteiger partial charge is 0.481 e. The van der Waals surface area contributed by atoms with E-state index in [1.54, 1.807) is 12.4 Å². The monoisotopic (exact) mass is 205 g/mol. The Hall–Kier alpha value is -1.38. The first-order valence-corrected chi connectivity index (χ1v) is 5.37. The fraction of sp³-hybridized carbons (Fsp3) is 0.500. The summed E-state index contributed by atoms with van der Waals surface area (Å²) in [4.78, 5) is 14.6. The first-order valence-electron chi connectivity index (χ1n) is 5.37. The molecule has 0 amide bonds. The highest BCUT2D eigenvalue weighted by molar-refractivity contribution is 5.67. The van der Waals surface area contributed by atoms with Gasteiger partial charge in [0, 0.05) is 18.8 Å². The standard InChI is InChI=1S/C12H15NO2/c14-12(15)8-9-1-2-11(7-9)10-3-5-13-6-4-10/h3-6,9,11H,1-2,7-8H2,(H,14,15). The van der Waals surface area contributed by atoms with Crippen molar-refractivity contribution >= 4 is 5.97 Å². The molecule has 1 heterocycles. The Morgan fingerprint density at radius 1 is 1.40 bits per heavy atom. The Morgan fingerprint density at radius 3 is 2.80 bits per heavy atom. The van der Waals surface area contributed by atoms with Crippen molar-refractivity contribution in [2.24, 2.45) is 5.92 Å². The van der Waals surface area contributed by atoms with E-state index in [0.29, 0.717) is 18.3 Å². The number of aliphatic carboxylic acids is 1. The van der Waals surface area contributed by atoms with Crippen molar-refractivity contribution in [3.05, 3.63) is 30.1 Å². The van der Waals surface area contributed by atoms with E-state index < -0.39 is 5.97 Å². The van der Waals surface area contributed by atoms with Gasteiger partial charge >= 0.3 is 5.97 Å². The van der Waals surface area contributed by atoms with Gasteiger partial charge in [-0.2, -0.15) is 0 Å². The molecule has 0 spiro atoms. The highest BCUT2D eigenvalue weighted by Gasteiger charge is 2.27. The molecular weight excluding hydrogens is 190 g/mol. The number of aromatic nitrogens is 1. The van der Waals surface area contributed by atoms with E-state index in [0.717, 1.165) is 19.3 Å². The van der Waals surface area contributed by atoms with Crippen molar-refractivity contribution in [1.82, 2.24) is 4.98 Å². The lowest BCUT2D eigenvalue weighted by atomic mass is 9.96. The maximum absolute atomic E-state index is 10.6. The first-order chi connectivity index (χ1) is 7.25.